The number of benzene rings is 1. The molecule has 0 heterocycles. The minimum atomic E-state index is -3.92. The predicted molar refractivity (Wildman–Crippen MR) is 86.2 cm³/mol. The van der Waals surface area contributed by atoms with Gasteiger partial charge in [-0.15, -0.1) is 0 Å². The van der Waals surface area contributed by atoms with Gasteiger partial charge in [0, 0.05) is 11.6 Å². The summed E-state index contributed by atoms with van der Waals surface area (Å²) in [5.74, 6) is -0.409. The number of carboxylic acids is 1. The average Bonchev–Trinajstić information content (AvgIpc) is 2.39. The summed E-state index contributed by atoms with van der Waals surface area (Å²) < 4.78 is 26.9. The van der Waals surface area contributed by atoms with Gasteiger partial charge >= 0.3 is 5.97 Å². The molecule has 0 saturated heterocycles. The van der Waals surface area contributed by atoms with E-state index in [0.717, 1.165) is 17.9 Å². The van der Waals surface area contributed by atoms with Gasteiger partial charge in [0.05, 0.1) is 10.6 Å². The molecular weight excluding hydrogens is 357 g/mol. The highest BCUT2D eigenvalue weighted by Crippen LogP contribution is 2.29. The fourth-order valence-corrected chi connectivity index (χ4v) is 4.34. The molecule has 118 valence electrons. The van der Waals surface area contributed by atoms with E-state index in [1.165, 1.54) is 0 Å². The number of hydrogen-bond donors (Lipinski definition) is 2. The number of hydrogen-bond acceptors (Lipinski definition) is 4. The largest absolute Gasteiger partial charge is 0.478 e. The van der Waals surface area contributed by atoms with Gasteiger partial charge in [-0.25, -0.2) is 17.9 Å². The van der Waals surface area contributed by atoms with E-state index in [4.69, 9.17) is 28.3 Å². The number of nitrogens with one attached hydrogen (secondary N) is 1. The molecule has 0 aromatic heterocycles. The Balaban J connectivity index is 3.11. The van der Waals surface area contributed by atoms with Crippen LogP contribution in [-0.2, 0) is 10.0 Å². The van der Waals surface area contributed by atoms with Crippen LogP contribution in [0.5, 0.6) is 0 Å². The van der Waals surface area contributed by atoms with Gasteiger partial charge in [-0.1, -0.05) is 30.1 Å². The molecule has 21 heavy (non-hydrogen) atoms. The third-order valence-corrected chi connectivity index (χ3v) is 5.68. The molecule has 1 aromatic rings. The Morgan fingerprint density at radius 2 is 2.05 bits per heavy atom. The lowest BCUT2D eigenvalue weighted by Gasteiger charge is -2.13. The Bertz CT molecular complexity index is 634. The van der Waals surface area contributed by atoms with Crippen molar-refractivity contribution in [2.24, 2.45) is 5.92 Å². The first-order chi connectivity index (χ1) is 9.69. The topological polar surface area (TPSA) is 83.5 Å². The van der Waals surface area contributed by atoms with Crippen molar-refractivity contribution in [1.82, 2.24) is 4.72 Å². The van der Waals surface area contributed by atoms with Gasteiger partial charge in [0.1, 0.15) is 4.90 Å². The molecule has 5 nitrogen and oxygen atoms in total. The summed E-state index contributed by atoms with van der Waals surface area (Å²) >= 11 is 13.2. The highest BCUT2D eigenvalue weighted by atomic mass is 35.5. The molecule has 0 aliphatic carbocycles. The van der Waals surface area contributed by atoms with Crippen LogP contribution in [0, 0.1) is 5.92 Å². The lowest BCUT2D eigenvalue weighted by Crippen LogP contribution is -2.29. The zero-order valence-electron chi connectivity index (χ0n) is 11.4. The molecule has 1 unspecified atom stereocenters. The summed E-state index contributed by atoms with van der Waals surface area (Å²) in [5, 5.41) is 8.65. The number of carboxylic acid groups (broad SMARTS) is 1. The van der Waals surface area contributed by atoms with Crippen LogP contribution in [0.25, 0.3) is 0 Å². The van der Waals surface area contributed by atoms with Crippen molar-refractivity contribution in [3.05, 3.63) is 27.7 Å². The van der Waals surface area contributed by atoms with Crippen LogP contribution in [-0.4, -0.2) is 38.0 Å². The van der Waals surface area contributed by atoms with E-state index < -0.39 is 16.0 Å². The average molecular weight is 372 g/mol. The Hall–Kier alpha value is -0.470. The second-order valence-electron chi connectivity index (χ2n) is 4.48. The number of halogens is 2. The van der Waals surface area contributed by atoms with E-state index in [2.05, 4.69) is 4.72 Å². The maximum atomic E-state index is 12.2. The molecule has 2 N–H and O–H groups in total. The van der Waals surface area contributed by atoms with Gasteiger partial charge in [-0.05, 0) is 30.1 Å². The first-order valence-corrected chi connectivity index (χ1v) is 9.53. The van der Waals surface area contributed by atoms with E-state index in [1.54, 1.807) is 11.8 Å². The minimum absolute atomic E-state index is 0.00524. The molecule has 0 spiro atoms. The fraction of sp³-hybridized carbons (Fsp3) is 0.417. The summed E-state index contributed by atoms with van der Waals surface area (Å²) in [6, 6.07) is 2.25. The predicted octanol–water partition coefficient (Wildman–Crippen LogP) is 2.97. The Labute approximate surface area is 138 Å². The zero-order valence-corrected chi connectivity index (χ0v) is 14.5. The highest BCUT2D eigenvalue weighted by molar-refractivity contribution is 7.98. The van der Waals surface area contributed by atoms with Gasteiger partial charge in [0.15, 0.2) is 0 Å². The summed E-state index contributed by atoms with van der Waals surface area (Å²) in [7, 11) is -3.92. The van der Waals surface area contributed by atoms with E-state index in [0.29, 0.717) is 0 Å². The number of thioether (sulfide) groups is 1. The molecule has 1 rings (SSSR count). The van der Waals surface area contributed by atoms with Crippen LogP contribution >= 0.6 is 35.0 Å². The Morgan fingerprint density at radius 1 is 1.43 bits per heavy atom. The minimum Gasteiger partial charge on any atom is -0.478 e. The van der Waals surface area contributed by atoms with Crippen LogP contribution in [0.4, 0.5) is 0 Å². The second-order valence-corrected chi connectivity index (χ2v) is 7.94. The van der Waals surface area contributed by atoms with Crippen molar-refractivity contribution in [2.75, 3.05) is 18.6 Å². The molecule has 0 saturated carbocycles. The van der Waals surface area contributed by atoms with Crippen LogP contribution in [0.2, 0.25) is 10.0 Å². The molecule has 9 heteroatoms. The number of carbonyl (C=O) groups is 1. The van der Waals surface area contributed by atoms with Gasteiger partial charge in [-0.3, -0.25) is 0 Å². The first-order valence-electron chi connectivity index (χ1n) is 5.90. The van der Waals surface area contributed by atoms with Crippen molar-refractivity contribution in [2.45, 2.75) is 11.8 Å². The molecule has 0 aliphatic heterocycles. The molecule has 0 aliphatic rings. The number of sulfonamides is 1. The Morgan fingerprint density at radius 3 is 2.57 bits per heavy atom. The van der Waals surface area contributed by atoms with Crippen molar-refractivity contribution in [1.29, 1.82) is 0 Å². The Kier molecular flexibility index (Phi) is 6.80. The standard InChI is InChI=1S/C12H15Cl2NO4S2/c1-7(6-20-2)5-15-21(18,19)10-4-8(13)3-9(11(10)14)12(16)17/h3-4,7,15H,5-6H2,1-2H3,(H,16,17). The molecule has 1 atom stereocenters. The van der Waals surface area contributed by atoms with E-state index in [9.17, 15) is 13.2 Å². The molecular formula is C12H15Cl2NO4S2. The number of rotatable bonds is 7. The monoisotopic (exact) mass is 371 g/mol. The smallest absolute Gasteiger partial charge is 0.337 e. The molecule has 0 radical (unpaired) electrons. The summed E-state index contributed by atoms with van der Waals surface area (Å²) in [5.41, 5.74) is -0.346. The van der Waals surface area contributed by atoms with Crippen LogP contribution < -0.4 is 4.72 Å². The first kappa shape index (κ1) is 18.6. The maximum absolute atomic E-state index is 12.2. The normalized spacial score (nSPS) is 13.1. The molecule has 1 aromatic carbocycles. The van der Waals surface area contributed by atoms with Gasteiger partial charge < -0.3 is 5.11 Å². The third-order valence-electron chi connectivity index (χ3n) is 2.60. The quantitative estimate of drug-likeness (QED) is 0.769. The van der Waals surface area contributed by atoms with Crippen molar-refractivity contribution in [3.8, 4) is 0 Å². The lowest BCUT2D eigenvalue weighted by molar-refractivity contribution is 0.0697. The van der Waals surface area contributed by atoms with Crippen LogP contribution in [0.15, 0.2) is 17.0 Å². The molecule has 0 fully saturated rings. The van der Waals surface area contributed by atoms with E-state index >= 15 is 0 Å². The van der Waals surface area contributed by atoms with Crippen molar-refractivity contribution < 1.29 is 18.3 Å². The lowest BCUT2D eigenvalue weighted by atomic mass is 10.2. The summed E-state index contributed by atoms with van der Waals surface area (Å²) in [6.45, 7) is 2.13. The van der Waals surface area contributed by atoms with Gasteiger partial charge in [-0.2, -0.15) is 11.8 Å². The SMILES string of the molecule is CSCC(C)CNS(=O)(=O)c1cc(Cl)cc(C(=O)O)c1Cl. The zero-order chi connectivity index (χ0) is 16.2. The van der Waals surface area contributed by atoms with Crippen LogP contribution in [0.1, 0.15) is 17.3 Å². The fourth-order valence-electron chi connectivity index (χ4n) is 1.59. The summed E-state index contributed by atoms with van der Waals surface area (Å²) in [4.78, 5) is 10.7. The van der Waals surface area contributed by atoms with Gasteiger partial charge in [0.25, 0.3) is 0 Å². The van der Waals surface area contributed by atoms with Crippen molar-refractivity contribution in [3.63, 3.8) is 0 Å². The van der Waals surface area contributed by atoms with E-state index in [1.807, 2.05) is 13.2 Å². The van der Waals surface area contributed by atoms with E-state index in [-0.39, 0.29) is 33.0 Å². The number of aromatic carboxylic acids is 1. The van der Waals surface area contributed by atoms with Crippen LogP contribution in [0.3, 0.4) is 0 Å². The maximum Gasteiger partial charge on any atom is 0.337 e. The highest BCUT2D eigenvalue weighted by Gasteiger charge is 2.24. The summed E-state index contributed by atoms with van der Waals surface area (Å²) in [6.07, 6.45) is 1.93. The second kappa shape index (κ2) is 7.69. The van der Waals surface area contributed by atoms with Gasteiger partial charge in [0.2, 0.25) is 10.0 Å². The molecule has 0 bridgehead atoms. The third kappa shape index (κ3) is 5.03. The molecule has 0 amide bonds. The van der Waals surface area contributed by atoms with Crippen molar-refractivity contribution >= 4 is 51.0 Å².